The molecule has 2 fully saturated rings. The molecule has 2 atom stereocenters. The molecule has 2 aromatic rings. The largest absolute Gasteiger partial charge is 0.396 e. The fraction of sp³-hybridized carbons (Fsp3) is 0.478. The van der Waals surface area contributed by atoms with Gasteiger partial charge in [-0.15, -0.1) is 0 Å². The summed E-state index contributed by atoms with van der Waals surface area (Å²) in [4.78, 5) is 21.6. The number of aryl methyl sites for hydroxylation is 1. The van der Waals surface area contributed by atoms with Crippen LogP contribution in [0.25, 0.3) is 0 Å². The van der Waals surface area contributed by atoms with Gasteiger partial charge in [-0.25, -0.2) is 0 Å². The van der Waals surface area contributed by atoms with Crippen LogP contribution in [0.5, 0.6) is 0 Å². The Kier molecular flexibility index (Phi) is 6.18. The smallest absolute Gasteiger partial charge is 0.255 e. The van der Waals surface area contributed by atoms with E-state index in [1.54, 1.807) is 18.5 Å². The summed E-state index contributed by atoms with van der Waals surface area (Å²) < 4.78 is 0. The minimum Gasteiger partial charge on any atom is -0.396 e. The molecule has 5 nitrogen and oxygen atoms in total. The summed E-state index contributed by atoms with van der Waals surface area (Å²) in [6, 6.07) is 12.3. The van der Waals surface area contributed by atoms with Gasteiger partial charge in [0.1, 0.15) is 0 Å². The topological polar surface area (TPSA) is 56.7 Å². The van der Waals surface area contributed by atoms with Crippen molar-refractivity contribution in [3.8, 4) is 0 Å². The Morgan fingerprint density at radius 1 is 1.21 bits per heavy atom. The summed E-state index contributed by atoms with van der Waals surface area (Å²) in [7, 11) is 0. The fourth-order valence-electron chi connectivity index (χ4n) is 5.02. The molecule has 2 aliphatic rings. The number of rotatable bonds is 7. The van der Waals surface area contributed by atoms with Crippen LogP contribution in [0.2, 0.25) is 5.02 Å². The lowest BCUT2D eigenvalue weighted by Gasteiger charge is -2.30. The van der Waals surface area contributed by atoms with Crippen LogP contribution >= 0.6 is 11.6 Å². The number of halogens is 1. The van der Waals surface area contributed by atoms with E-state index in [0.717, 1.165) is 52.0 Å². The molecule has 1 N–H and O–H groups in total. The molecule has 6 heteroatoms. The van der Waals surface area contributed by atoms with Crippen molar-refractivity contribution >= 4 is 17.5 Å². The predicted molar refractivity (Wildman–Crippen MR) is 114 cm³/mol. The molecule has 1 aromatic heterocycles. The number of pyridine rings is 1. The number of likely N-dealkylation sites (tertiary alicyclic amines) is 2. The molecule has 0 saturated carbocycles. The van der Waals surface area contributed by atoms with Crippen LogP contribution in [0.1, 0.15) is 28.8 Å². The van der Waals surface area contributed by atoms with E-state index in [2.05, 4.69) is 34.1 Å². The van der Waals surface area contributed by atoms with E-state index in [4.69, 9.17) is 11.6 Å². The zero-order valence-electron chi connectivity index (χ0n) is 16.6. The minimum absolute atomic E-state index is 0.0235. The number of aliphatic hydroxyl groups is 1. The maximum absolute atomic E-state index is 13.1. The second-order valence-electron chi connectivity index (χ2n) is 8.43. The Morgan fingerprint density at radius 2 is 2.03 bits per heavy atom. The summed E-state index contributed by atoms with van der Waals surface area (Å²) >= 11 is 6.04. The summed E-state index contributed by atoms with van der Waals surface area (Å²) in [6.45, 7) is 4.67. The molecular formula is C23H28ClN3O2. The molecule has 4 rings (SSSR count). The van der Waals surface area contributed by atoms with E-state index in [9.17, 15) is 9.90 Å². The number of fused-ring (bicyclic) bond motifs is 1. The van der Waals surface area contributed by atoms with Crippen molar-refractivity contribution < 1.29 is 9.90 Å². The van der Waals surface area contributed by atoms with Crippen molar-refractivity contribution in [2.75, 3.05) is 39.3 Å². The average Bonchev–Trinajstić information content (AvgIpc) is 3.25. The number of carbonyl (C=O) groups is 1. The number of hydrogen-bond donors (Lipinski definition) is 1. The number of amides is 1. The van der Waals surface area contributed by atoms with Crippen LogP contribution < -0.4 is 0 Å². The lowest BCUT2D eigenvalue weighted by atomic mass is 9.76. The molecule has 0 radical (unpaired) electrons. The first-order valence-corrected chi connectivity index (χ1v) is 10.7. The van der Waals surface area contributed by atoms with Gasteiger partial charge in [0.15, 0.2) is 0 Å². The molecule has 3 heterocycles. The third-order valence-electron chi connectivity index (χ3n) is 6.46. The SMILES string of the molecule is O=C(c1cncc(Cl)c1)N1C[C@@H]2CN(CCCO)C[C@]2(CCc2ccccc2)C1. The van der Waals surface area contributed by atoms with Crippen LogP contribution in [-0.2, 0) is 6.42 Å². The molecule has 0 bridgehead atoms. The van der Waals surface area contributed by atoms with Crippen molar-refractivity contribution in [1.29, 1.82) is 0 Å². The van der Waals surface area contributed by atoms with Crippen LogP contribution in [0.4, 0.5) is 0 Å². The summed E-state index contributed by atoms with van der Waals surface area (Å²) in [6.07, 6.45) is 6.04. The van der Waals surface area contributed by atoms with Gasteiger partial charge in [0.05, 0.1) is 10.6 Å². The van der Waals surface area contributed by atoms with Crippen LogP contribution in [-0.4, -0.2) is 65.1 Å². The monoisotopic (exact) mass is 413 g/mol. The van der Waals surface area contributed by atoms with Crippen molar-refractivity contribution in [2.45, 2.75) is 19.3 Å². The van der Waals surface area contributed by atoms with Gasteiger partial charge in [0.25, 0.3) is 5.91 Å². The lowest BCUT2D eigenvalue weighted by molar-refractivity contribution is 0.0755. The maximum Gasteiger partial charge on any atom is 0.255 e. The Hall–Kier alpha value is -1.95. The highest BCUT2D eigenvalue weighted by atomic mass is 35.5. The Bertz CT molecular complexity index is 847. The zero-order chi connectivity index (χ0) is 20.3. The highest BCUT2D eigenvalue weighted by Crippen LogP contribution is 2.46. The van der Waals surface area contributed by atoms with E-state index >= 15 is 0 Å². The first-order valence-electron chi connectivity index (χ1n) is 10.4. The predicted octanol–water partition coefficient (Wildman–Crippen LogP) is 3.12. The van der Waals surface area contributed by atoms with E-state index in [1.807, 2.05) is 11.0 Å². The summed E-state index contributed by atoms with van der Waals surface area (Å²) in [5.41, 5.74) is 2.01. The van der Waals surface area contributed by atoms with Gasteiger partial charge in [0.2, 0.25) is 0 Å². The first kappa shape index (κ1) is 20.3. The van der Waals surface area contributed by atoms with E-state index in [-0.39, 0.29) is 17.9 Å². The summed E-state index contributed by atoms with van der Waals surface area (Å²) in [5.74, 6) is 0.483. The molecule has 154 valence electrons. The van der Waals surface area contributed by atoms with Crippen molar-refractivity contribution in [2.24, 2.45) is 11.3 Å². The van der Waals surface area contributed by atoms with Crippen LogP contribution in [0.15, 0.2) is 48.8 Å². The summed E-state index contributed by atoms with van der Waals surface area (Å²) in [5, 5.41) is 9.70. The van der Waals surface area contributed by atoms with Gasteiger partial charge in [-0.2, -0.15) is 0 Å². The molecule has 1 aromatic carbocycles. The Balaban J connectivity index is 1.50. The standard InChI is InChI=1S/C23H28ClN3O2/c24-21-11-19(12-25-13-21)22(29)27-15-20-14-26(9-4-10-28)16-23(20,17-27)8-7-18-5-2-1-3-6-18/h1-3,5-6,11-13,20,28H,4,7-10,14-17H2/t20-,23+/m0/s1. The number of aliphatic hydroxyl groups excluding tert-OH is 1. The zero-order valence-corrected chi connectivity index (χ0v) is 17.4. The molecule has 2 aliphatic heterocycles. The van der Waals surface area contributed by atoms with Gasteiger partial charge in [-0.3, -0.25) is 9.78 Å². The Morgan fingerprint density at radius 3 is 2.79 bits per heavy atom. The van der Waals surface area contributed by atoms with E-state index in [1.165, 1.54) is 5.56 Å². The third-order valence-corrected chi connectivity index (χ3v) is 6.66. The van der Waals surface area contributed by atoms with Gasteiger partial charge in [-0.05, 0) is 36.8 Å². The van der Waals surface area contributed by atoms with Gasteiger partial charge in [0, 0.05) is 57.1 Å². The fourth-order valence-corrected chi connectivity index (χ4v) is 5.19. The molecule has 0 unspecified atom stereocenters. The van der Waals surface area contributed by atoms with Crippen LogP contribution in [0.3, 0.4) is 0 Å². The van der Waals surface area contributed by atoms with E-state index < -0.39 is 0 Å². The lowest BCUT2D eigenvalue weighted by Crippen LogP contribution is -2.37. The van der Waals surface area contributed by atoms with Gasteiger partial charge >= 0.3 is 0 Å². The van der Waals surface area contributed by atoms with Gasteiger partial charge in [-0.1, -0.05) is 41.9 Å². The van der Waals surface area contributed by atoms with Crippen molar-refractivity contribution in [1.82, 2.24) is 14.8 Å². The van der Waals surface area contributed by atoms with E-state index in [0.29, 0.717) is 16.5 Å². The third kappa shape index (κ3) is 4.47. The number of aromatic nitrogens is 1. The van der Waals surface area contributed by atoms with Crippen molar-refractivity contribution in [3.05, 3.63) is 64.9 Å². The number of carbonyl (C=O) groups excluding carboxylic acids is 1. The molecule has 0 aliphatic carbocycles. The second kappa shape index (κ2) is 8.82. The van der Waals surface area contributed by atoms with Crippen LogP contribution in [0, 0.1) is 11.3 Å². The first-order chi connectivity index (χ1) is 14.1. The minimum atomic E-state index is 0.0235. The highest BCUT2D eigenvalue weighted by molar-refractivity contribution is 6.30. The molecule has 29 heavy (non-hydrogen) atoms. The number of benzene rings is 1. The maximum atomic E-state index is 13.1. The number of nitrogens with zero attached hydrogens (tertiary/aromatic N) is 3. The average molecular weight is 414 g/mol. The number of hydrogen-bond acceptors (Lipinski definition) is 4. The normalized spacial score (nSPS) is 24.1. The Labute approximate surface area is 177 Å². The molecule has 1 amide bonds. The highest BCUT2D eigenvalue weighted by Gasteiger charge is 2.52. The van der Waals surface area contributed by atoms with Crippen molar-refractivity contribution in [3.63, 3.8) is 0 Å². The quantitative estimate of drug-likeness (QED) is 0.757. The molecule has 0 spiro atoms. The second-order valence-corrected chi connectivity index (χ2v) is 8.87. The molecule has 2 saturated heterocycles. The molecular weight excluding hydrogens is 386 g/mol. The van der Waals surface area contributed by atoms with Gasteiger partial charge < -0.3 is 14.9 Å².